The maximum absolute atomic E-state index is 8.58. The van der Waals surface area contributed by atoms with Crippen LogP contribution in [0, 0.1) is 0 Å². The van der Waals surface area contributed by atoms with E-state index in [1.54, 1.807) is 0 Å². The van der Waals surface area contributed by atoms with Crippen LogP contribution >= 0.6 is 0 Å². The topological polar surface area (TPSA) is 190 Å². The van der Waals surface area contributed by atoms with Gasteiger partial charge < -0.3 is 0 Å². The molecule has 0 aliphatic heterocycles. The molecular weight excluding hydrogens is 752 g/mol. The van der Waals surface area contributed by atoms with Gasteiger partial charge >= 0.3 is 199 Å². The first-order valence-electron chi connectivity index (χ1n) is 1.84. The molecule has 4 radical (unpaired) electrons. The average Bonchev–Trinajstić information content (AvgIpc) is 1.54. The Morgan fingerprint density at radius 3 is 0.500 bits per heavy atom. The molecule has 0 unspecified atom stereocenters. The molecule has 0 amide bonds. The van der Waals surface area contributed by atoms with E-state index in [1.807, 2.05) is 0 Å². The monoisotopic (exact) mass is 754 g/mol. The van der Waals surface area contributed by atoms with Crippen LogP contribution in [0.2, 0.25) is 0 Å². The van der Waals surface area contributed by atoms with E-state index in [1.165, 1.54) is 0 Å². The molecular formula is H2Bi2Na2O9Ti3. The molecule has 0 aliphatic rings. The van der Waals surface area contributed by atoms with E-state index < -0.39 is 55.8 Å². The summed E-state index contributed by atoms with van der Waals surface area (Å²) in [5.74, 6) is 0. The normalized spacial score (nSPS) is 4.88. The summed E-state index contributed by atoms with van der Waals surface area (Å²) in [6.07, 6.45) is 0. The summed E-state index contributed by atoms with van der Waals surface area (Å²) in [4.78, 5) is 0. The zero-order valence-corrected chi connectivity index (χ0v) is 17.7. The molecule has 0 spiro atoms. The van der Waals surface area contributed by atoms with Crippen molar-refractivity contribution in [1.29, 1.82) is 0 Å². The van der Waals surface area contributed by atoms with Crippen LogP contribution in [-0.2, 0) is 65.8 Å². The Hall–Kier alpha value is 5.07. The number of rotatable bonds is 0. The molecule has 0 saturated carbocycles. The second kappa shape index (κ2) is 36.9. The fraction of sp³-hybridized carbons (Fsp3) is 0. The molecule has 0 saturated heterocycles. The molecule has 0 aromatic rings. The van der Waals surface area contributed by atoms with Crippen molar-refractivity contribution < 1.29 is 88.0 Å². The van der Waals surface area contributed by atoms with Gasteiger partial charge in [-0.1, -0.05) is 0 Å². The van der Waals surface area contributed by atoms with E-state index in [0.717, 1.165) is 0 Å². The SMILES string of the molecule is [Bi+3].[Bi+3].[NaH].[NaH].[O]=[Ti]([O-])[O-].[O]=[Ti]([O-])[O-].[O]=[Ti]([O-])[O-]. The molecule has 0 heterocycles. The average molecular weight is 754 g/mol. The van der Waals surface area contributed by atoms with Crippen molar-refractivity contribution in [2.24, 2.45) is 0 Å². The molecule has 0 N–H and O–H groups in total. The summed E-state index contributed by atoms with van der Waals surface area (Å²) in [5, 5.41) is 0. The third-order valence-corrected chi connectivity index (χ3v) is 0. The Bertz CT molecular complexity index is 124. The van der Waals surface area contributed by atoms with Crippen molar-refractivity contribution in [3.05, 3.63) is 0 Å². The zero-order valence-electron chi connectivity index (χ0n) is 6.07. The van der Waals surface area contributed by atoms with Gasteiger partial charge in [0.2, 0.25) is 0 Å². The zero-order chi connectivity index (χ0) is 10.7. The van der Waals surface area contributed by atoms with E-state index in [4.69, 9.17) is 32.1 Å². The molecule has 0 aliphatic carbocycles. The predicted molar refractivity (Wildman–Crippen MR) is 27.9 cm³/mol. The molecule has 16 heavy (non-hydrogen) atoms. The van der Waals surface area contributed by atoms with Gasteiger partial charge in [-0.3, -0.25) is 0 Å². The van der Waals surface area contributed by atoms with E-state index >= 15 is 0 Å². The minimum atomic E-state index is -4.08. The van der Waals surface area contributed by atoms with Crippen LogP contribution in [0.5, 0.6) is 0 Å². The molecule has 0 bridgehead atoms. The summed E-state index contributed by atoms with van der Waals surface area (Å²) < 4.78 is 77.2. The standard InChI is InChI=1S/2Bi.2Na.9O.3Ti.2H/q2*+3;;;;;;6*-1;;;;;. The van der Waals surface area contributed by atoms with Crippen molar-refractivity contribution in [3.8, 4) is 0 Å². The quantitative estimate of drug-likeness (QED) is 0.217. The van der Waals surface area contributed by atoms with Crippen LogP contribution in [0.3, 0.4) is 0 Å². The maximum atomic E-state index is 8.58. The predicted octanol–water partition coefficient (Wildman–Crippen LogP) is -9.56. The van der Waals surface area contributed by atoms with E-state index in [9.17, 15) is 0 Å². The van der Waals surface area contributed by atoms with Crippen LogP contribution in [0.4, 0.5) is 0 Å². The van der Waals surface area contributed by atoms with Gasteiger partial charge in [0.15, 0.2) is 0 Å². The Kier molecular flexibility index (Phi) is 98.8. The van der Waals surface area contributed by atoms with Gasteiger partial charge in [0.05, 0.1) is 0 Å². The van der Waals surface area contributed by atoms with Gasteiger partial charge in [-0.05, 0) is 0 Å². The van der Waals surface area contributed by atoms with Crippen molar-refractivity contribution in [1.82, 2.24) is 0 Å². The summed E-state index contributed by atoms with van der Waals surface area (Å²) in [6, 6.07) is 0. The van der Waals surface area contributed by atoms with Gasteiger partial charge in [-0.25, -0.2) is 0 Å². The third kappa shape index (κ3) is 242. The summed E-state index contributed by atoms with van der Waals surface area (Å²) >= 11 is -12.2. The second-order valence-electron chi connectivity index (χ2n) is 0.750. The summed E-state index contributed by atoms with van der Waals surface area (Å²) in [5.41, 5.74) is 0. The van der Waals surface area contributed by atoms with Gasteiger partial charge in [0.1, 0.15) is 0 Å². The van der Waals surface area contributed by atoms with Crippen LogP contribution in [-0.4, -0.2) is 112 Å². The van der Waals surface area contributed by atoms with Crippen LogP contribution in [0.25, 0.3) is 0 Å². The van der Waals surface area contributed by atoms with Gasteiger partial charge in [-0.15, -0.1) is 0 Å². The number of hydrogen-bond donors (Lipinski definition) is 0. The fourth-order valence-corrected chi connectivity index (χ4v) is 0. The molecule has 0 atom stereocenters. The van der Waals surface area contributed by atoms with E-state index in [0.29, 0.717) is 0 Å². The van der Waals surface area contributed by atoms with Crippen LogP contribution < -0.4 is 22.1 Å². The molecule has 0 aromatic carbocycles. The molecule has 9 nitrogen and oxygen atoms in total. The third-order valence-electron chi connectivity index (χ3n) is 0. The summed E-state index contributed by atoms with van der Waals surface area (Å²) in [7, 11) is 0. The first-order chi connectivity index (χ1) is 5.20. The van der Waals surface area contributed by atoms with E-state index in [2.05, 4.69) is 0 Å². The first-order valence-corrected chi connectivity index (χ1v) is 7.57. The van der Waals surface area contributed by atoms with Crippen molar-refractivity contribution >= 4 is 112 Å². The van der Waals surface area contributed by atoms with Crippen molar-refractivity contribution in [3.63, 3.8) is 0 Å². The van der Waals surface area contributed by atoms with Crippen molar-refractivity contribution in [2.75, 3.05) is 0 Å². The second-order valence-corrected chi connectivity index (χ2v) is 3.09. The molecule has 0 aromatic heterocycles. The molecule has 16 heteroatoms. The summed E-state index contributed by atoms with van der Waals surface area (Å²) in [6.45, 7) is 0. The van der Waals surface area contributed by atoms with Crippen LogP contribution in [0.1, 0.15) is 0 Å². The Morgan fingerprint density at radius 2 is 0.500 bits per heavy atom. The van der Waals surface area contributed by atoms with Gasteiger partial charge in [0.25, 0.3) is 0 Å². The molecule has 80 valence electrons. The van der Waals surface area contributed by atoms with Gasteiger partial charge in [-0.2, -0.15) is 0 Å². The molecule has 0 rings (SSSR count). The number of hydrogen-bond acceptors (Lipinski definition) is 9. The first kappa shape index (κ1) is 42.9. The Balaban J connectivity index is -0.0000000135. The Morgan fingerprint density at radius 1 is 0.500 bits per heavy atom. The van der Waals surface area contributed by atoms with Crippen molar-refractivity contribution in [2.45, 2.75) is 0 Å². The minimum absolute atomic E-state index is 0. The van der Waals surface area contributed by atoms with E-state index in [-0.39, 0.29) is 112 Å². The Labute approximate surface area is 195 Å². The van der Waals surface area contributed by atoms with Crippen LogP contribution in [0.15, 0.2) is 0 Å². The van der Waals surface area contributed by atoms with Gasteiger partial charge in [0, 0.05) is 0 Å². The molecule has 0 fully saturated rings. The fourth-order valence-electron chi connectivity index (χ4n) is 0.